The van der Waals surface area contributed by atoms with Crippen molar-refractivity contribution >= 4 is 5.84 Å². The van der Waals surface area contributed by atoms with Gasteiger partial charge in [0, 0.05) is 4.98 Å². The molecule has 0 saturated carbocycles. The number of hydrogen-bond acceptors (Lipinski definition) is 3. The Morgan fingerprint density at radius 3 is 2.77 bits per heavy atom. The van der Waals surface area contributed by atoms with Crippen LogP contribution < -0.4 is 0 Å². The van der Waals surface area contributed by atoms with E-state index < -0.39 is 0 Å². The van der Waals surface area contributed by atoms with Crippen LogP contribution in [0, 0.1) is 5.39 Å². The van der Waals surface area contributed by atoms with Crippen LogP contribution in [0.1, 0.15) is 18.1 Å². The molecule has 0 fully saturated rings. The quantitative estimate of drug-likeness (QED) is 0.613. The molecule has 0 bridgehead atoms. The Bertz CT molecular complexity index is 366. The maximum atomic E-state index is 8.44. The maximum Gasteiger partial charge on any atom is 0.487 e. The molecule has 0 saturated heterocycles. The normalized spacial score (nSPS) is 20.2. The average Bonchev–Trinajstić information content (AvgIpc) is 2.67. The summed E-state index contributed by atoms with van der Waals surface area (Å²) in [5, 5.41) is 12.1. The maximum absolute atomic E-state index is 8.44. The van der Waals surface area contributed by atoms with Gasteiger partial charge in [0.15, 0.2) is 11.3 Å². The first kappa shape index (κ1) is 7.74. The predicted molar refractivity (Wildman–Crippen MR) is 47.4 cm³/mol. The van der Waals surface area contributed by atoms with E-state index in [1.807, 2.05) is 30.3 Å². The Hall–Kier alpha value is -1.89. The van der Waals surface area contributed by atoms with Gasteiger partial charge in [0.1, 0.15) is 6.42 Å². The second-order valence-electron chi connectivity index (χ2n) is 2.82. The molecule has 0 aliphatic carbocycles. The third kappa shape index (κ3) is 1.49. The minimum atomic E-state index is -0.105. The van der Waals surface area contributed by atoms with E-state index in [1.54, 1.807) is 0 Å². The number of amidine groups is 1. The van der Waals surface area contributed by atoms with Crippen molar-refractivity contribution in [3.8, 4) is 0 Å². The Labute approximate surface area is 75.4 Å². The van der Waals surface area contributed by atoms with Crippen molar-refractivity contribution in [2.75, 3.05) is 0 Å². The lowest BCUT2D eigenvalue weighted by atomic mass is 10.1. The first-order valence-corrected chi connectivity index (χ1v) is 4.03. The second kappa shape index (κ2) is 3.23. The van der Waals surface area contributed by atoms with Gasteiger partial charge in [-0.3, -0.25) is 4.84 Å². The molecule has 1 aromatic carbocycles. The first-order chi connectivity index (χ1) is 6.40. The zero-order chi connectivity index (χ0) is 9.10. The third-order valence-electron chi connectivity index (χ3n) is 1.94. The fourth-order valence-corrected chi connectivity index (χ4v) is 1.27. The summed E-state index contributed by atoms with van der Waals surface area (Å²) in [6.45, 7) is 0. The van der Waals surface area contributed by atoms with Gasteiger partial charge in [-0.1, -0.05) is 30.3 Å². The zero-order valence-corrected chi connectivity index (χ0v) is 6.92. The van der Waals surface area contributed by atoms with Crippen LogP contribution in [0.15, 0.2) is 35.5 Å². The summed E-state index contributed by atoms with van der Waals surface area (Å²) in [5.41, 5.74) is 1.05. The highest BCUT2D eigenvalue weighted by Crippen LogP contribution is 2.26. The fourth-order valence-electron chi connectivity index (χ4n) is 1.27. The van der Waals surface area contributed by atoms with Crippen molar-refractivity contribution in [2.45, 2.75) is 12.5 Å². The van der Waals surface area contributed by atoms with E-state index in [9.17, 15) is 0 Å². The van der Waals surface area contributed by atoms with Gasteiger partial charge in [0.2, 0.25) is 0 Å². The van der Waals surface area contributed by atoms with Gasteiger partial charge in [-0.05, 0) is 5.56 Å². The number of oxime groups is 1. The molecule has 0 amide bonds. The van der Waals surface area contributed by atoms with Crippen molar-refractivity contribution in [1.29, 1.82) is 5.39 Å². The van der Waals surface area contributed by atoms with E-state index in [-0.39, 0.29) is 6.10 Å². The Balaban J connectivity index is 2.12. The van der Waals surface area contributed by atoms with Crippen LogP contribution in [0.25, 0.3) is 4.98 Å². The summed E-state index contributed by atoms with van der Waals surface area (Å²) >= 11 is 0. The standard InChI is InChI=1S/C9H8N3O/c10-11-9-6-8(13-12-9)7-4-2-1-3-5-7/h1-5,8H,6H2/q+1. The van der Waals surface area contributed by atoms with Crippen LogP contribution in [0.4, 0.5) is 0 Å². The number of rotatable bonds is 1. The molecule has 0 N–H and O–H groups in total. The highest BCUT2D eigenvalue weighted by atomic mass is 16.6. The largest absolute Gasteiger partial charge is 0.487 e. The molecular formula is C9H8N3O+. The molecule has 64 valence electrons. The summed E-state index contributed by atoms with van der Waals surface area (Å²) in [7, 11) is 0. The molecule has 4 nitrogen and oxygen atoms in total. The lowest BCUT2D eigenvalue weighted by Gasteiger charge is -2.02. The molecule has 1 heterocycles. The SMILES string of the molecule is N#[N+]C1=NOC(c2ccccc2)C1. The molecule has 1 aliphatic rings. The van der Waals surface area contributed by atoms with Crippen LogP contribution >= 0.6 is 0 Å². The van der Waals surface area contributed by atoms with E-state index >= 15 is 0 Å². The van der Waals surface area contributed by atoms with E-state index in [4.69, 9.17) is 10.2 Å². The monoisotopic (exact) mass is 174 g/mol. The van der Waals surface area contributed by atoms with E-state index in [0.717, 1.165) is 5.56 Å². The van der Waals surface area contributed by atoms with Crippen LogP contribution in [-0.4, -0.2) is 5.84 Å². The van der Waals surface area contributed by atoms with Crippen LogP contribution in [0.5, 0.6) is 0 Å². The van der Waals surface area contributed by atoms with E-state index in [2.05, 4.69) is 10.1 Å². The van der Waals surface area contributed by atoms with Gasteiger partial charge in [0.05, 0.1) is 5.39 Å². The molecule has 4 heteroatoms. The molecule has 0 radical (unpaired) electrons. The van der Waals surface area contributed by atoms with Crippen molar-refractivity contribution < 1.29 is 4.84 Å². The molecule has 1 unspecified atom stereocenters. The zero-order valence-electron chi connectivity index (χ0n) is 6.92. The number of diazo groups is 1. The van der Waals surface area contributed by atoms with Gasteiger partial charge in [0.25, 0.3) is 0 Å². The minimum Gasteiger partial charge on any atom is -0.288 e. The van der Waals surface area contributed by atoms with Crippen LogP contribution in [-0.2, 0) is 4.84 Å². The lowest BCUT2D eigenvalue weighted by molar-refractivity contribution is 0.0857. The van der Waals surface area contributed by atoms with Gasteiger partial charge in [-0.15, -0.1) is 0 Å². The smallest absolute Gasteiger partial charge is 0.288 e. The highest BCUT2D eigenvalue weighted by Gasteiger charge is 2.32. The molecular weight excluding hydrogens is 166 g/mol. The van der Waals surface area contributed by atoms with Crippen molar-refractivity contribution in [3.63, 3.8) is 0 Å². The topological polar surface area (TPSA) is 49.7 Å². The minimum absolute atomic E-state index is 0.105. The molecule has 13 heavy (non-hydrogen) atoms. The summed E-state index contributed by atoms with van der Waals surface area (Å²) in [4.78, 5) is 8.06. The van der Waals surface area contributed by atoms with Crippen LogP contribution in [0.3, 0.4) is 0 Å². The molecule has 1 atom stereocenters. The summed E-state index contributed by atoms with van der Waals surface area (Å²) < 4.78 is 0. The molecule has 0 spiro atoms. The molecule has 1 aromatic rings. The molecule has 2 rings (SSSR count). The van der Waals surface area contributed by atoms with Crippen LogP contribution in [0.2, 0.25) is 0 Å². The van der Waals surface area contributed by atoms with Crippen molar-refractivity contribution in [2.24, 2.45) is 5.16 Å². The van der Waals surface area contributed by atoms with E-state index in [0.29, 0.717) is 12.3 Å². The number of hydrogen-bond donors (Lipinski definition) is 0. The second-order valence-corrected chi connectivity index (χ2v) is 2.82. The third-order valence-corrected chi connectivity index (χ3v) is 1.94. The first-order valence-electron chi connectivity index (χ1n) is 4.03. The number of benzene rings is 1. The molecule has 1 aliphatic heterocycles. The number of nitrogens with zero attached hydrogens (tertiary/aromatic N) is 3. The Morgan fingerprint density at radius 1 is 1.38 bits per heavy atom. The van der Waals surface area contributed by atoms with Gasteiger partial charge in [-0.2, -0.15) is 0 Å². The van der Waals surface area contributed by atoms with Gasteiger partial charge >= 0.3 is 5.84 Å². The van der Waals surface area contributed by atoms with Crippen molar-refractivity contribution in [1.82, 2.24) is 0 Å². The summed E-state index contributed by atoms with van der Waals surface area (Å²) in [5.74, 6) is 0.342. The molecule has 0 aromatic heterocycles. The Kier molecular flexibility index (Phi) is 1.93. The average molecular weight is 174 g/mol. The van der Waals surface area contributed by atoms with Gasteiger partial charge in [-0.25, -0.2) is 0 Å². The fraction of sp³-hybridized carbons (Fsp3) is 0.222. The highest BCUT2D eigenvalue weighted by molar-refractivity contribution is 5.91. The van der Waals surface area contributed by atoms with E-state index in [1.165, 1.54) is 0 Å². The van der Waals surface area contributed by atoms with Gasteiger partial charge < -0.3 is 0 Å². The summed E-state index contributed by atoms with van der Waals surface area (Å²) in [6, 6.07) is 9.73. The van der Waals surface area contributed by atoms with Crippen molar-refractivity contribution in [3.05, 3.63) is 40.9 Å². The lowest BCUT2D eigenvalue weighted by Crippen LogP contribution is -1.96. The predicted octanol–water partition coefficient (Wildman–Crippen LogP) is 2.31. The summed E-state index contributed by atoms with van der Waals surface area (Å²) in [6.07, 6.45) is 0.424. The Morgan fingerprint density at radius 2 is 2.15 bits per heavy atom.